The van der Waals surface area contributed by atoms with Crippen molar-refractivity contribution >= 4 is 23.1 Å². The van der Waals surface area contributed by atoms with Crippen LogP contribution in [0.3, 0.4) is 0 Å². The van der Waals surface area contributed by atoms with Crippen LogP contribution in [0.1, 0.15) is 83.8 Å². The van der Waals surface area contributed by atoms with Crippen LogP contribution < -0.4 is 5.73 Å². The molecule has 1 aliphatic carbocycles. The third-order valence-corrected chi connectivity index (χ3v) is 5.31. The van der Waals surface area contributed by atoms with Crippen LogP contribution in [0, 0.1) is 10.8 Å². The molecule has 6 nitrogen and oxygen atoms in total. The van der Waals surface area contributed by atoms with Gasteiger partial charge < -0.3 is 15.6 Å². The van der Waals surface area contributed by atoms with Gasteiger partial charge in [-0.05, 0) is 42.0 Å². The highest BCUT2D eigenvalue weighted by Gasteiger charge is 2.20. The SMILES string of the molecule is CCCCCCCCOC(=O)CCc1cc(N)c(O)c(C(C)(C)C)c1.N=C1C=CC=CC1=N. The zero-order chi connectivity index (χ0) is 24.9. The predicted molar refractivity (Wildman–Crippen MR) is 138 cm³/mol. The number of allylic oxidation sites excluding steroid dienone is 4. The smallest absolute Gasteiger partial charge is 0.306 e. The van der Waals surface area contributed by atoms with Crippen molar-refractivity contribution in [1.29, 1.82) is 10.8 Å². The van der Waals surface area contributed by atoms with Gasteiger partial charge in [0.05, 0.1) is 23.7 Å². The van der Waals surface area contributed by atoms with E-state index in [2.05, 4.69) is 6.92 Å². The van der Waals surface area contributed by atoms with E-state index in [1.165, 1.54) is 25.7 Å². The minimum atomic E-state index is -0.202. The van der Waals surface area contributed by atoms with Crippen molar-refractivity contribution in [3.63, 3.8) is 0 Å². The van der Waals surface area contributed by atoms with Gasteiger partial charge >= 0.3 is 5.97 Å². The van der Waals surface area contributed by atoms with Crippen LogP contribution >= 0.6 is 0 Å². The van der Waals surface area contributed by atoms with E-state index in [1.54, 1.807) is 30.4 Å². The third kappa shape index (κ3) is 11.0. The third-order valence-electron chi connectivity index (χ3n) is 5.31. The van der Waals surface area contributed by atoms with Crippen molar-refractivity contribution < 1.29 is 14.6 Å². The van der Waals surface area contributed by atoms with Gasteiger partial charge in [0.15, 0.2) is 0 Å². The number of aryl methyl sites for hydroxylation is 1. The maximum atomic E-state index is 11.9. The Balaban J connectivity index is 0.000000568. The average molecular weight is 456 g/mol. The summed E-state index contributed by atoms with van der Waals surface area (Å²) < 4.78 is 5.30. The Morgan fingerprint density at radius 1 is 1.00 bits per heavy atom. The maximum absolute atomic E-state index is 11.9. The van der Waals surface area contributed by atoms with Gasteiger partial charge in [0.2, 0.25) is 0 Å². The van der Waals surface area contributed by atoms with Gasteiger partial charge in [0.1, 0.15) is 5.75 Å². The van der Waals surface area contributed by atoms with Gasteiger partial charge in [-0.15, -0.1) is 0 Å². The summed E-state index contributed by atoms with van der Waals surface area (Å²) in [5.74, 6) is -0.0283. The highest BCUT2D eigenvalue weighted by molar-refractivity contribution is 6.48. The lowest BCUT2D eigenvalue weighted by atomic mass is 9.84. The second kappa shape index (κ2) is 14.3. The average Bonchev–Trinajstić information content (AvgIpc) is 2.75. The minimum Gasteiger partial charge on any atom is -0.505 e. The standard InChI is InChI=1S/C21H35NO3.C6H6N2/c1-5-6-7-8-9-10-13-25-19(23)12-11-16-14-17(21(2,3)4)20(24)18(22)15-16;7-5-3-1-2-4-6(5)8/h14-15,24H,5-13,22H2,1-4H3;1-4,7-8H. The van der Waals surface area contributed by atoms with Gasteiger partial charge in [-0.25, -0.2) is 0 Å². The molecule has 1 aromatic carbocycles. The van der Waals surface area contributed by atoms with Crippen molar-refractivity contribution in [2.45, 2.75) is 84.5 Å². The second-order valence-electron chi connectivity index (χ2n) is 9.37. The number of anilines is 1. The Hall–Kier alpha value is -2.89. The van der Waals surface area contributed by atoms with E-state index in [-0.39, 0.29) is 28.6 Å². The van der Waals surface area contributed by atoms with Crippen LogP contribution in [0.4, 0.5) is 5.69 Å². The molecule has 0 radical (unpaired) electrons. The van der Waals surface area contributed by atoms with Gasteiger partial charge in [-0.3, -0.25) is 15.6 Å². The fourth-order valence-electron chi connectivity index (χ4n) is 3.31. The Kier molecular flexibility index (Phi) is 12.2. The number of benzene rings is 1. The number of aromatic hydroxyl groups is 1. The molecule has 0 amide bonds. The van der Waals surface area contributed by atoms with Gasteiger partial charge in [0.25, 0.3) is 0 Å². The normalized spacial score (nSPS) is 13.0. The molecule has 0 atom stereocenters. The summed E-state index contributed by atoms with van der Waals surface area (Å²) in [5, 5.41) is 24.2. The zero-order valence-electron chi connectivity index (χ0n) is 20.7. The molecular weight excluding hydrogens is 414 g/mol. The molecule has 0 saturated heterocycles. The van der Waals surface area contributed by atoms with Crippen LogP contribution in [0.5, 0.6) is 5.75 Å². The molecule has 0 bridgehead atoms. The lowest BCUT2D eigenvalue weighted by molar-refractivity contribution is -0.143. The molecule has 1 aliphatic rings. The molecule has 33 heavy (non-hydrogen) atoms. The van der Waals surface area contributed by atoms with Crippen molar-refractivity contribution in [3.8, 4) is 5.75 Å². The number of rotatable bonds is 10. The number of carbonyl (C=O) groups is 1. The van der Waals surface area contributed by atoms with E-state index in [1.807, 2.05) is 26.8 Å². The lowest BCUT2D eigenvalue weighted by Gasteiger charge is -2.22. The Bertz CT molecular complexity index is 842. The summed E-state index contributed by atoms with van der Waals surface area (Å²) >= 11 is 0. The Morgan fingerprint density at radius 2 is 1.58 bits per heavy atom. The summed E-state index contributed by atoms with van der Waals surface area (Å²) in [7, 11) is 0. The quantitative estimate of drug-likeness (QED) is 0.109. The number of esters is 1. The molecule has 5 N–H and O–H groups in total. The summed E-state index contributed by atoms with van der Waals surface area (Å²) in [5.41, 5.74) is 8.40. The Morgan fingerprint density at radius 3 is 2.12 bits per heavy atom. The fourth-order valence-corrected chi connectivity index (χ4v) is 3.31. The van der Waals surface area contributed by atoms with E-state index >= 15 is 0 Å². The highest BCUT2D eigenvalue weighted by atomic mass is 16.5. The van der Waals surface area contributed by atoms with Crippen LogP contribution in [0.15, 0.2) is 36.4 Å². The molecule has 0 unspecified atom stereocenters. The zero-order valence-corrected chi connectivity index (χ0v) is 20.7. The topological polar surface area (TPSA) is 120 Å². The first-order valence-electron chi connectivity index (χ1n) is 11.9. The molecule has 0 heterocycles. The van der Waals surface area contributed by atoms with E-state index in [0.29, 0.717) is 25.1 Å². The number of nitrogens with one attached hydrogen (secondary N) is 2. The molecule has 1 aromatic rings. The molecule has 0 aromatic heterocycles. The molecule has 0 spiro atoms. The lowest BCUT2D eigenvalue weighted by Crippen LogP contribution is -2.13. The number of unbranched alkanes of at least 4 members (excludes halogenated alkanes) is 5. The van der Waals surface area contributed by atoms with Gasteiger partial charge in [-0.1, -0.05) is 78.0 Å². The Labute approximate surface area is 198 Å². The fraction of sp³-hybridized carbons (Fsp3) is 0.519. The molecule has 2 rings (SSSR count). The van der Waals surface area contributed by atoms with Gasteiger partial charge in [-0.2, -0.15) is 0 Å². The molecule has 6 heteroatoms. The number of nitrogens with two attached hydrogens (primary N) is 1. The number of phenolic OH excluding ortho intramolecular Hbond substituents is 1. The monoisotopic (exact) mass is 455 g/mol. The van der Waals surface area contributed by atoms with E-state index in [0.717, 1.165) is 24.0 Å². The van der Waals surface area contributed by atoms with Crippen LogP contribution in [-0.4, -0.2) is 29.1 Å². The van der Waals surface area contributed by atoms with Gasteiger partial charge in [0, 0.05) is 12.0 Å². The number of hydrogen-bond donors (Lipinski definition) is 4. The number of ether oxygens (including phenoxy) is 1. The first-order valence-corrected chi connectivity index (χ1v) is 11.9. The number of nitrogen functional groups attached to an aromatic ring is 1. The van der Waals surface area contributed by atoms with Crippen molar-refractivity contribution in [2.24, 2.45) is 0 Å². The van der Waals surface area contributed by atoms with E-state index in [4.69, 9.17) is 21.3 Å². The molecule has 0 saturated carbocycles. The van der Waals surface area contributed by atoms with Crippen molar-refractivity contribution in [3.05, 3.63) is 47.6 Å². The predicted octanol–water partition coefficient (Wildman–Crippen LogP) is 6.26. The molecular formula is C27H41N3O3. The van der Waals surface area contributed by atoms with E-state index in [9.17, 15) is 9.90 Å². The van der Waals surface area contributed by atoms with E-state index < -0.39 is 0 Å². The largest absolute Gasteiger partial charge is 0.505 e. The van der Waals surface area contributed by atoms with Crippen molar-refractivity contribution in [2.75, 3.05) is 12.3 Å². The number of carbonyl (C=O) groups excluding carboxylic acids is 1. The first-order chi connectivity index (χ1) is 15.6. The highest BCUT2D eigenvalue weighted by Crippen LogP contribution is 2.36. The number of hydrogen-bond acceptors (Lipinski definition) is 6. The molecule has 182 valence electrons. The van der Waals surface area contributed by atoms with Crippen LogP contribution in [0.25, 0.3) is 0 Å². The summed E-state index contributed by atoms with van der Waals surface area (Å²) in [6.45, 7) is 8.80. The first kappa shape index (κ1) is 28.1. The summed E-state index contributed by atoms with van der Waals surface area (Å²) in [4.78, 5) is 11.9. The molecule has 0 fully saturated rings. The summed E-state index contributed by atoms with van der Waals surface area (Å²) in [6.07, 6.45) is 14.7. The van der Waals surface area contributed by atoms with Crippen LogP contribution in [0.2, 0.25) is 0 Å². The second-order valence-corrected chi connectivity index (χ2v) is 9.37. The minimum absolute atomic E-state index is 0.141. The number of phenols is 1. The van der Waals surface area contributed by atoms with Crippen LogP contribution in [-0.2, 0) is 21.4 Å². The molecule has 0 aliphatic heterocycles. The maximum Gasteiger partial charge on any atom is 0.306 e. The van der Waals surface area contributed by atoms with Crippen molar-refractivity contribution in [1.82, 2.24) is 0 Å². The summed E-state index contributed by atoms with van der Waals surface area (Å²) in [6, 6.07) is 3.68.